The van der Waals surface area contributed by atoms with Crippen LogP contribution in [0.4, 0.5) is 0 Å². The molecule has 3 aromatic rings. The smallest absolute Gasteiger partial charge is 0.250 e. The minimum absolute atomic E-state index is 0.169. The molecule has 0 radical (unpaired) electrons. The molecule has 1 amide bonds. The van der Waals surface area contributed by atoms with Gasteiger partial charge in [0.25, 0.3) is 5.91 Å². The number of amides is 1. The van der Waals surface area contributed by atoms with Gasteiger partial charge in [0.05, 0.1) is 26.2 Å². The molecule has 1 heterocycles. The number of hydrazone groups is 1. The number of nitrogens with one attached hydrogen (secondary N) is 1. The number of benzene rings is 2. The van der Waals surface area contributed by atoms with Crippen LogP contribution in [0.25, 0.3) is 11.4 Å². The van der Waals surface area contributed by atoms with E-state index in [4.69, 9.17) is 21.1 Å². The van der Waals surface area contributed by atoms with Gasteiger partial charge in [-0.3, -0.25) is 9.36 Å². The average Bonchev–Trinajstić information content (AvgIpc) is 3.32. The van der Waals surface area contributed by atoms with Gasteiger partial charge in [0.1, 0.15) is 11.5 Å². The number of rotatable bonds is 9. The van der Waals surface area contributed by atoms with Crippen molar-refractivity contribution in [2.75, 3.05) is 20.0 Å². The Kier molecular flexibility index (Phi) is 8.65. The summed E-state index contributed by atoms with van der Waals surface area (Å²) in [7, 11) is 3.16. The number of hydrogen-bond acceptors (Lipinski definition) is 7. The molecule has 0 bridgehead atoms. The lowest BCUT2D eigenvalue weighted by molar-refractivity contribution is -0.118. The summed E-state index contributed by atoms with van der Waals surface area (Å²) in [4.78, 5) is 12.5. The molecule has 2 aromatic carbocycles. The zero-order valence-electron chi connectivity index (χ0n) is 19.7. The van der Waals surface area contributed by atoms with Crippen LogP contribution < -0.4 is 14.9 Å². The second-order valence-corrected chi connectivity index (χ2v) is 9.54. The van der Waals surface area contributed by atoms with Crippen molar-refractivity contribution in [1.82, 2.24) is 20.2 Å². The summed E-state index contributed by atoms with van der Waals surface area (Å²) in [5.41, 5.74) is 4.26. The van der Waals surface area contributed by atoms with E-state index in [2.05, 4.69) is 25.3 Å². The third-order valence-corrected chi connectivity index (χ3v) is 7.07. The topological polar surface area (TPSA) is 90.6 Å². The summed E-state index contributed by atoms with van der Waals surface area (Å²) in [6.45, 7) is 0. The number of ether oxygens (including phenoxy) is 2. The third-order valence-electron chi connectivity index (χ3n) is 5.87. The van der Waals surface area contributed by atoms with Crippen molar-refractivity contribution in [3.05, 3.63) is 53.1 Å². The van der Waals surface area contributed by atoms with Gasteiger partial charge in [-0.1, -0.05) is 42.6 Å². The molecule has 1 aliphatic carbocycles. The minimum Gasteiger partial charge on any atom is -0.497 e. The maximum Gasteiger partial charge on any atom is 0.250 e. The molecule has 4 rings (SSSR count). The minimum atomic E-state index is -0.232. The Labute approximate surface area is 214 Å². The summed E-state index contributed by atoms with van der Waals surface area (Å²) < 4.78 is 12.7. The van der Waals surface area contributed by atoms with Crippen molar-refractivity contribution >= 4 is 35.5 Å². The van der Waals surface area contributed by atoms with Crippen molar-refractivity contribution in [1.29, 1.82) is 0 Å². The molecule has 184 valence electrons. The number of methoxy groups -OCH3 is 2. The average molecular weight is 514 g/mol. The zero-order valence-corrected chi connectivity index (χ0v) is 21.3. The SMILES string of the molecule is COc1ccc(/C=N/NC(=O)CSc2nnc(-c3ccc(Cl)cc3)n2C2CCCCC2)c(OC)c1. The molecule has 1 aromatic heterocycles. The molecule has 1 fully saturated rings. The summed E-state index contributed by atoms with van der Waals surface area (Å²) in [6.07, 6.45) is 7.30. The van der Waals surface area contributed by atoms with Crippen LogP contribution in [0, 0.1) is 0 Å². The molecule has 0 unspecified atom stereocenters. The third kappa shape index (κ3) is 6.35. The number of carbonyl (C=O) groups is 1. The summed E-state index contributed by atoms with van der Waals surface area (Å²) in [6, 6.07) is 13.3. The molecule has 0 spiro atoms. The fourth-order valence-electron chi connectivity index (χ4n) is 4.10. The highest BCUT2D eigenvalue weighted by Gasteiger charge is 2.24. The Morgan fingerprint density at radius 1 is 1.14 bits per heavy atom. The van der Waals surface area contributed by atoms with Crippen molar-refractivity contribution in [3.8, 4) is 22.9 Å². The van der Waals surface area contributed by atoms with Crippen LogP contribution in [0.5, 0.6) is 11.5 Å². The summed E-state index contributed by atoms with van der Waals surface area (Å²) >= 11 is 7.44. The Bertz CT molecular complexity index is 1180. The monoisotopic (exact) mass is 513 g/mol. The molecule has 1 saturated carbocycles. The van der Waals surface area contributed by atoms with Gasteiger partial charge in [0.2, 0.25) is 0 Å². The molecular formula is C25H28ClN5O3S. The lowest BCUT2D eigenvalue weighted by Crippen LogP contribution is -2.20. The van der Waals surface area contributed by atoms with Gasteiger partial charge >= 0.3 is 0 Å². The highest BCUT2D eigenvalue weighted by atomic mass is 35.5. The van der Waals surface area contributed by atoms with Gasteiger partial charge in [-0.2, -0.15) is 5.10 Å². The number of carbonyl (C=O) groups excluding carboxylic acids is 1. The number of halogens is 1. The van der Waals surface area contributed by atoms with Gasteiger partial charge in [0.15, 0.2) is 11.0 Å². The molecule has 0 atom stereocenters. The van der Waals surface area contributed by atoms with Gasteiger partial charge < -0.3 is 9.47 Å². The first-order valence-corrected chi connectivity index (χ1v) is 12.8. The van der Waals surface area contributed by atoms with Crippen LogP contribution in [-0.2, 0) is 4.79 Å². The molecule has 8 nitrogen and oxygen atoms in total. The van der Waals surface area contributed by atoms with Gasteiger partial charge in [-0.05, 0) is 49.2 Å². The number of aromatic nitrogens is 3. The van der Waals surface area contributed by atoms with E-state index in [9.17, 15) is 4.79 Å². The van der Waals surface area contributed by atoms with Gasteiger partial charge in [-0.25, -0.2) is 5.43 Å². The molecule has 35 heavy (non-hydrogen) atoms. The molecular weight excluding hydrogens is 486 g/mol. The molecule has 10 heteroatoms. The molecule has 1 aliphatic rings. The van der Waals surface area contributed by atoms with E-state index in [-0.39, 0.29) is 11.7 Å². The molecule has 0 saturated heterocycles. The van der Waals surface area contributed by atoms with E-state index in [1.165, 1.54) is 31.0 Å². The lowest BCUT2D eigenvalue weighted by Gasteiger charge is -2.25. The van der Waals surface area contributed by atoms with Crippen LogP contribution in [0.1, 0.15) is 43.7 Å². The van der Waals surface area contributed by atoms with E-state index in [1.807, 2.05) is 30.3 Å². The summed E-state index contributed by atoms with van der Waals surface area (Å²) in [5.74, 6) is 2.03. The van der Waals surface area contributed by atoms with E-state index in [1.54, 1.807) is 32.6 Å². The van der Waals surface area contributed by atoms with Crippen LogP contribution in [0.2, 0.25) is 5.02 Å². The van der Waals surface area contributed by atoms with Crippen LogP contribution >= 0.6 is 23.4 Å². The van der Waals surface area contributed by atoms with Gasteiger partial charge in [-0.15, -0.1) is 10.2 Å². The molecule has 1 N–H and O–H groups in total. The Hall–Kier alpha value is -3.04. The van der Waals surface area contributed by atoms with Crippen molar-refractivity contribution < 1.29 is 14.3 Å². The predicted octanol–water partition coefficient (Wildman–Crippen LogP) is 5.36. The maximum atomic E-state index is 12.5. The quantitative estimate of drug-likeness (QED) is 0.235. The highest BCUT2D eigenvalue weighted by molar-refractivity contribution is 7.99. The fraction of sp³-hybridized carbons (Fsp3) is 0.360. The first-order valence-electron chi connectivity index (χ1n) is 11.5. The largest absolute Gasteiger partial charge is 0.497 e. The predicted molar refractivity (Wildman–Crippen MR) is 139 cm³/mol. The fourth-order valence-corrected chi connectivity index (χ4v) is 5.02. The van der Waals surface area contributed by atoms with Crippen LogP contribution in [0.15, 0.2) is 52.7 Å². The molecule has 0 aliphatic heterocycles. The van der Waals surface area contributed by atoms with E-state index >= 15 is 0 Å². The maximum absolute atomic E-state index is 12.5. The van der Waals surface area contributed by atoms with Crippen molar-refractivity contribution in [2.24, 2.45) is 5.10 Å². The highest BCUT2D eigenvalue weighted by Crippen LogP contribution is 2.35. The zero-order chi connectivity index (χ0) is 24.6. The summed E-state index contributed by atoms with van der Waals surface area (Å²) in [5, 5.41) is 14.4. The number of thioether (sulfide) groups is 1. The first-order chi connectivity index (χ1) is 17.1. The second-order valence-electron chi connectivity index (χ2n) is 8.16. The lowest BCUT2D eigenvalue weighted by atomic mass is 9.95. The van der Waals surface area contributed by atoms with E-state index in [0.29, 0.717) is 22.6 Å². The first kappa shape index (κ1) is 25.1. The van der Waals surface area contributed by atoms with Gasteiger partial charge in [0, 0.05) is 28.3 Å². The Morgan fingerprint density at radius 2 is 1.91 bits per heavy atom. The van der Waals surface area contributed by atoms with Crippen LogP contribution in [0.3, 0.4) is 0 Å². The van der Waals surface area contributed by atoms with E-state index in [0.717, 1.165) is 34.9 Å². The van der Waals surface area contributed by atoms with Crippen LogP contribution in [-0.4, -0.2) is 46.9 Å². The Morgan fingerprint density at radius 3 is 2.63 bits per heavy atom. The number of hydrogen-bond donors (Lipinski definition) is 1. The Balaban J connectivity index is 1.44. The normalized spacial score (nSPS) is 14.3. The van der Waals surface area contributed by atoms with Crippen molar-refractivity contribution in [3.63, 3.8) is 0 Å². The van der Waals surface area contributed by atoms with Crippen molar-refractivity contribution in [2.45, 2.75) is 43.3 Å². The van der Waals surface area contributed by atoms with E-state index < -0.39 is 0 Å². The standard InChI is InChI=1S/C25H28ClN5O3S/c1-33-21-13-10-18(22(14-21)34-2)15-27-28-23(32)16-35-25-30-29-24(17-8-11-19(26)12-9-17)31(25)20-6-4-3-5-7-20/h8-15,20H,3-7,16H2,1-2H3,(H,28,32)/b27-15+. The number of nitrogens with zero attached hydrogens (tertiary/aromatic N) is 4. The second kappa shape index (κ2) is 12.1.